The lowest BCUT2D eigenvalue weighted by Gasteiger charge is -1.94. The van der Waals surface area contributed by atoms with Gasteiger partial charge < -0.3 is 5.41 Å². The normalized spacial score (nSPS) is 8.80. The summed E-state index contributed by atoms with van der Waals surface area (Å²) in [6, 6.07) is 3.70. The Hall–Kier alpha value is -1.44. The van der Waals surface area contributed by atoms with E-state index in [1.54, 1.807) is 12.4 Å². The van der Waals surface area contributed by atoms with Crippen LogP contribution in [-0.2, 0) is 0 Å². The fourth-order valence-corrected chi connectivity index (χ4v) is 0.636. The number of hydrogen-bond donors (Lipinski definition) is 1. The highest BCUT2D eigenvalue weighted by molar-refractivity contribution is 6.06. The second kappa shape index (κ2) is 2.92. The van der Waals surface area contributed by atoms with Gasteiger partial charge in [-0.1, -0.05) is 12.6 Å². The molecule has 1 aromatic rings. The Morgan fingerprint density at radius 2 is 2.50 bits per heavy atom. The standard InChI is InChI=1S/C8H8N2/c1-7(5-9)8-3-2-4-10-6-8/h2-6,9H,1H2. The zero-order valence-electron chi connectivity index (χ0n) is 5.54. The molecular weight excluding hydrogens is 124 g/mol. The number of allylic oxidation sites excluding steroid dienone is 1. The van der Waals surface area contributed by atoms with Gasteiger partial charge in [-0.2, -0.15) is 0 Å². The van der Waals surface area contributed by atoms with Crippen LogP contribution in [0, 0.1) is 5.41 Å². The lowest BCUT2D eigenvalue weighted by atomic mass is 10.1. The summed E-state index contributed by atoms with van der Waals surface area (Å²) in [5.74, 6) is 0. The van der Waals surface area contributed by atoms with Gasteiger partial charge in [0.1, 0.15) is 0 Å². The fourth-order valence-electron chi connectivity index (χ4n) is 0.636. The highest BCUT2D eigenvalue weighted by Crippen LogP contribution is 2.05. The summed E-state index contributed by atoms with van der Waals surface area (Å²) >= 11 is 0. The van der Waals surface area contributed by atoms with E-state index in [2.05, 4.69) is 11.6 Å². The SMILES string of the molecule is C=C(C=N)c1cccnc1. The van der Waals surface area contributed by atoms with E-state index in [0.29, 0.717) is 5.57 Å². The summed E-state index contributed by atoms with van der Waals surface area (Å²) in [7, 11) is 0. The van der Waals surface area contributed by atoms with Crippen LogP contribution in [-0.4, -0.2) is 11.2 Å². The molecule has 1 rings (SSSR count). The van der Waals surface area contributed by atoms with Gasteiger partial charge in [-0.25, -0.2) is 0 Å². The van der Waals surface area contributed by atoms with Gasteiger partial charge in [0.05, 0.1) is 0 Å². The first kappa shape index (κ1) is 6.68. The molecular formula is C8H8N2. The summed E-state index contributed by atoms with van der Waals surface area (Å²) in [6.07, 6.45) is 4.60. The summed E-state index contributed by atoms with van der Waals surface area (Å²) in [5.41, 5.74) is 1.59. The van der Waals surface area contributed by atoms with E-state index < -0.39 is 0 Å². The third-order valence-corrected chi connectivity index (χ3v) is 1.21. The largest absolute Gasteiger partial charge is 0.308 e. The monoisotopic (exact) mass is 132 g/mol. The van der Waals surface area contributed by atoms with Crippen LogP contribution in [0.15, 0.2) is 31.1 Å². The molecule has 50 valence electrons. The van der Waals surface area contributed by atoms with Crippen molar-refractivity contribution in [1.29, 1.82) is 5.41 Å². The van der Waals surface area contributed by atoms with Crippen molar-refractivity contribution in [2.45, 2.75) is 0 Å². The van der Waals surface area contributed by atoms with Gasteiger partial charge >= 0.3 is 0 Å². The van der Waals surface area contributed by atoms with E-state index in [0.717, 1.165) is 5.56 Å². The van der Waals surface area contributed by atoms with E-state index in [1.807, 2.05) is 12.1 Å². The van der Waals surface area contributed by atoms with Crippen LogP contribution in [0.4, 0.5) is 0 Å². The van der Waals surface area contributed by atoms with E-state index in [9.17, 15) is 0 Å². The Morgan fingerprint density at radius 1 is 1.70 bits per heavy atom. The summed E-state index contributed by atoms with van der Waals surface area (Å²) in [5, 5.41) is 6.89. The number of pyridine rings is 1. The van der Waals surface area contributed by atoms with Gasteiger partial charge in [-0.3, -0.25) is 4.98 Å². The molecule has 0 aliphatic rings. The van der Waals surface area contributed by atoms with E-state index in [-0.39, 0.29) is 0 Å². The lowest BCUT2D eigenvalue weighted by Crippen LogP contribution is -1.82. The molecule has 1 N–H and O–H groups in total. The van der Waals surface area contributed by atoms with Crippen LogP contribution in [0.25, 0.3) is 5.57 Å². The number of nitrogens with zero attached hydrogens (tertiary/aromatic N) is 1. The van der Waals surface area contributed by atoms with Crippen LogP contribution >= 0.6 is 0 Å². The van der Waals surface area contributed by atoms with Crippen molar-refractivity contribution in [2.24, 2.45) is 0 Å². The highest BCUT2D eigenvalue weighted by atomic mass is 14.6. The van der Waals surface area contributed by atoms with Crippen molar-refractivity contribution in [1.82, 2.24) is 4.98 Å². The van der Waals surface area contributed by atoms with E-state index >= 15 is 0 Å². The summed E-state index contributed by atoms with van der Waals surface area (Å²) < 4.78 is 0. The van der Waals surface area contributed by atoms with Gasteiger partial charge in [0.2, 0.25) is 0 Å². The number of aromatic nitrogens is 1. The molecule has 0 bridgehead atoms. The Bertz CT molecular complexity index is 239. The fraction of sp³-hybridized carbons (Fsp3) is 0. The summed E-state index contributed by atoms with van der Waals surface area (Å²) in [4.78, 5) is 3.89. The molecule has 0 aliphatic heterocycles. The van der Waals surface area contributed by atoms with Crippen molar-refractivity contribution < 1.29 is 0 Å². The first-order valence-corrected chi connectivity index (χ1v) is 2.94. The van der Waals surface area contributed by atoms with Crippen LogP contribution in [0.5, 0.6) is 0 Å². The second-order valence-electron chi connectivity index (χ2n) is 1.91. The Kier molecular flexibility index (Phi) is 1.95. The van der Waals surface area contributed by atoms with Gasteiger partial charge in [-0.05, 0) is 11.6 Å². The van der Waals surface area contributed by atoms with E-state index in [1.165, 1.54) is 6.21 Å². The molecule has 10 heavy (non-hydrogen) atoms. The Morgan fingerprint density at radius 3 is 3.00 bits per heavy atom. The van der Waals surface area contributed by atoms with Crippen LogP contribution in [0.1, 0.15) is 5.56 Å². The van der Waals surface area contributed by atoms with E-state index in [4.69, 9.17) is 5.41 Å². The van der Waals surface area contributed by atoms with Gasteiger partial charge in [0, 0.05) is 24.2 Å². The molecule has 0 amide bonds. The highest BCUT2D eigenvalue weighted by Gasteiger charge is 1.91. The van der Waals surface area contributed by atoms with Crippen molar-refractivity contribution in [3.05, 3.63) is 36.7 Å². The van der Waals surface area contributed by atoms with Gasteiger partial charge in [0.25, 0.3) is 0 Å². The van der Waals surface area contributed by atoms with Gasteiger partial charge in [-0.15, -0.1) is 0 Å². The minimum atomic E-state index is 0.688. The molecule has 0 atom stereocenters. The molecule has 2 nitrogen and oxygen atoms in total. The smallest absolute Gasteiger partial charge is 0.0346 e. The van der Waals surface area contributed by atoms with Crippen molar-refractivity contribution >= 4 is 11.8 Å². The van der Waals surface area contributed by atoms with Crippen molar-refractivity contribution in [3.8, 4) is 0 Å². The zero-order valence-corrected chi connectivity index (χ0v) is 5.54. The average Bonchev–Trinajstić information content (AvgIpc) is 2.05. The van der Waals surface area contributed by atoms with Crippen LogP contribution < -0.4 is 0 Å². The predicted molar refractivity (Wildman–Crippen MR) is 42.1 cm³/mol. The molecule has 1 aromatic heterocycles. The maximum atomic E-state index is 6.89. The maximum absolute atomic E-state index is 6.89. The van der Waals surface area contributed by atoms with Crippen LogP contribution in [0.3, 0.4) is 0 Å². The van der Waals surface area contributed by atoms with Gasteiger partial charge in [0.15, 0.2) is 0 Å². The topological polar surface area (TPSA) is 36.7 Å². The molecule has 0 unspecified atom stereocenters. The molecule has 0 aliphatic carbocycles. The molecule has 0 radical (unpaired) electrons. The molecule has 0 spiro atoms. The molecule has 0 fully saturated rings. The third-order valence-electron chi connectivity index (χ3n) is 1.21. The van der Waals surface area contributed by atoms with Crippen molar-refractivity contribution in [3.63, 3.8) is 0 Å². The Balaban J connectivity index is 2.95. The Labute approximate surface area is 59.7 Å². The number of rotatable bonds is 2. The summed E-state index contributed by atoms with van der Waals surface area (Å²) in [6.45, 7) is 3.66. The zero-order chi connectivity index (χ0) is 7.40. The quantitative estimate of drug-likeness (QED) is 0.611. The maximum Gasteiger partial charge on any atom is 0.0346 e. The molecule has 0 saturated carbocycles. The average molecular weight is 132 g/mol. The number of hydrogen-bond acceptors (Lipinski definition) is 2. The lowest BCUT2D eigenvalue weighted by molar-refractivity contribution is 1.31. The second-order valence-corrected chi connectivity index (χ2v) is 1.91. The minimum absolute atomic E-state index is 0.688. The first-order valence-electron chi connectivity index (χ1n) is 2.94. The molecule has 2 heteroatoms. The molecule has 0 saturated heterocycles. The first-order chi connectivity index (χ1) is 4.84. The predicted octanol–water partition coefficient (Wildman–Crippen LogP) is 1.74. The molecule has 0 aromatic carbocycles. The molecule has 1 heterocycles. The third kappa shape index (κ3) is 1.29. The van der Waals surface area contributed by atoms with Crippen molar-refractivity contribution in [2.75, 3.05) is 0 Å². The number of nitrogens with one attached hydrogen (secondary N) is 1. The van der Waals surface area contributed by atoms with Crippen LogP contribution in [0.2, 0.25) is 0 Å². The minimum Gasteiger partial charge on any atom is -0.308 e.